The van der Waals surface area contributed by atoms with Gasteiger partial charge in [-0.25, -0.2) is 8.42 Å². The highest BCUT2D eigenvalue weighted by Crippen LogP contribution is 2.30. The van der Waals surface area contributed by atoms with Gasteiger partial charge in [0.15, 0.2) is 0 Å². The van der Waals surface area contributed by atoms with Crippen molar-refractivity contribution in [3.63, 3.8) is 0 Å². The summed E-state index contributed by atoms with van der Waals surface area (Å²) < 4.78 is 28.9. The maximum atomic E-state index is 14.0. The lowest BCUT2D eigenvalue weighted by Gasteiger charge is -2.32. The molecule has 0 saturated carbocycles. The Hall–Kier alpha value is -2.78. The summed E-state index contributed by atoms with van der Waals surface area (Å²) in [6, 6.07) is 15.1. The van der Waals surface area contributed by atoms with Crippen molar-refractivity contribution in [2.75, 3.05) is 17.4 Å². The molecular formula is C29H32Cl3N3O4S. The molecule has 3 aromatic rings. The van der Waals surface area contributed by atoms with Gasteiger partial charge in [-0.1, -0.05) is 65.5 Å². The lowest BCUT2D eigenvalue weighted by atomic mass is 10.1. The van der Waals surface area contributed by atoms with Crippen LogP contribution in [0.25, 0.3) is 0 Å². The number of aryl methyl sites for hydroxylation is 2. The van der Waals surface area contributed by atoms with Gasteiger partial charge in [0, 0.05) is 28.2 Å². The number of sulfonamides is 1. The normalized spacial score (nSPS) is 12.1. The summed E-state index contributed by atoms with van der Waals surface area (Å²) in [5.41, 5.74) is 2.32. The molecule has 7 nitrogen and oxygen atoms in total. The van der Waals surface area contributed by atoms with E-state index in [0.29, 0.717) is 44.8 Å². The minimum absolute atomic E-state index is 0.0290. The second-order valence-electron chi connectivity index (χ2n) is 9.48. The van der Waals surface area contributed by atoms with Crippen LogP contribution in [0.2, 0.25) is 15.1 Å². The summed E-state index contributed by atoms with van der Waals surface area (Å²) in [7, 11) is -4.18. The monoisotopic (exact) mass is 623 g/mol. The fourth-order valence-corrected chi connectivity index (χ4v) is 6.24. The van der Waals surface area contributed by atoms with Gasteiger partial charge in [-0.15, -0.1) is 0 Å². The Kier molecular flexibility index (Phi) is 10.9. The molecule has 0 aliphatic heterocycles. The van der Waals surface area contributed by atoms with Gasteiger partial charge in [-0.05, 0) is 80.8 Å². The van der Waals surface area contributed by atoms with Crippen LogP contribution in [0.5, 0.6) is 0 Å². The zero-order valence-corrected chi connectivity index (χ0v) is 25.8. The minimum atomic E-state index is -4.18. The van der Waals surface area contributed by atoms with Crippen molar-refractivity contribution in [1.29, 1.82) is 0 Å². The van der Waals surface area contributed by atoms with Crippen LogP contribution < -0.4 is 9.62 Å². The number of rotatable bonds is 11. The van der Waals surface area contributed by atoms with Gasteiger partial charge in [0.05, 0.1) is 10.6 Å². The van der Waals surface area contributed by atoms with Crippen LogP contribution in [0.4, 0.5) is 5.69 Å². The van der Waals surface area contributed by atoms with E-state index in [1.54, 1.807) is 62.4 Å². The zero-order chi connectivity index (χ0) is 29.6. The summed E-state index contributed by atoms with van der Waals surface area (Å²) >= 11 is 18.6. The van der Waals surface area contributed by atoms with E-state index in [9.17, 15) is 18.0 Å². The molecule has 3 rings (SSSR count). The van der Waals surface area contributed by atoms with Crippen LogP contribution in [0, 0.1) is 13.8 Å². The van der Waals surface area contributed by atoms with E-state index in [1.807, 2.05) is 13.8 Å². The molecule has 0 radical (unpaired) electrons. The van der Waals surface area contributed by atoms with Crippen LogP contribution in [0.3, 0.4) is 0 Å². The molecule has 11 heteroatoms. The highest BCUT2D eigenvalue weighted by molar-refractivity contribution is 7.92. The number of benzene rings is 3. The van der Waals surface area contributed by atoms with Crippen molar-refractivity contribution >= 4 is 62.3 Å². The number of halogens is 3. The molecule has 1 N–H and O–H groups in total. The van der Waals surface area contributed by atoms with E-state index >= 15 is 0 Å². The van der Waals surface area contributed by atoms with Gasteiger partial charge in [-0.3, -0.25) is 13.9 Å². The van der Waals surface area contributed by atoms with Gasteiger partial charge < -0.3 is 10.2 Å². The summed E-state index contributed by atoms with van der Waals surface area (Å²) in [6.45, 7) is 6.93. The third kappa shape index (κ3) is 7.69. The Morgan fingerprint density at radius 3 is 2.15 bits per heavy atom. The molecule has 214 valence electrons. The Bertz CT molecular complexity index is 1480. The molecule has 2 amide bonds. The van der Waals surface area contributed by atoms with Crippen LogP contribution in [0.15, 0.2) is 65.6 Å². The lowest BCUT2D eigenvalue weighted by molar-refractivity contribution is -0.139. The summed E-state index contributed by atoms with van der Waals surface area (Å²) in [5.74, 6) is -0.953. The fraction of sp³-hybridized carbons (Fsp3) is 0.310. The third-order valence-corrected chi connectivity index (χ3v) is 8.98. The quantitative estimate of drug-likeness (QED) is 0.267. The largest absolute Gasteiger partial charge is 0.354 e. The van der Waals surface area contributed by atoms with Gasteiger partial charge in [0.25, 0.3) is 10.0 Å². The van der Waals surface area contributed by atoms with Crippen molar-refractivity contribution in [1.82, 2.24) is 10.2 Å². The Morgan fingerprint density at radius 1 is 0.925 bits per heavy atom. The number of carbonyl (C=O) groups excluding carboxylic acids is 2. The molecule has 0 heterocycles. The summed E-state index contributed by atoms with van der Waals surface area (Å²) in [6.07, 6.45) is 0.716. The second-order valence-corrected chi connectivity index (χ2v) is 12.6. The standard InChI is InChI=1S/C29H32Cl3N3O4S/c1-5-14-33-29(37)21(4)34(17-22-8-9-24(31)16-26(22)32)28(36)18-35(27-13-10-23(30)15-20(27)3)40(38,39)25-11-6-19(2)7-12-25/h6-13,15-16,21H,5,14,17-18H2,1-4H3,(H,33,37). The average Bonchev–Trinajstić information content (AvgIpc) is 2.90. The molecule has 0 aliphatic carbocycles. The molecular weight excluding hydrogens is 593 g/mol. The molecule has 3 aromatic carbocycles. The van der Waals surface area contributed by atoms with E-state index < -0.39 is 28.5 Å². The second kappa shape index (κ2) is 13.7. The topological polar surface area (TPSA) is 86.8 Å². The lowest BCUT2D eigenvalue weighted by Crippen LogP contribution is -2.51. The zero-order valence-electron chi connectivity index (χ0n) is 22.7. The van der Waals surface area contributed by atoms with Crippen molar-refractivity contribution in [2.45, 2.75) is 51.6 Å². The molecule has 0 saturated heterocycles. The van der Waals surface area contributed by atoms with Crippen molar-refractivity contribution in [2.24, 2.45) is 0 Å². The maximum Gasteiger partial charge on any atom is 0.264 e. The van der Waals surface area contributed by atoms with E-state index in [0.717, 1.165) is 9.87 Å². The first-order chi connectivity index (χ1) is 18.8. The number of carbonyl (C=O) groups is 2. The van der Waals surface area contributed by atoms with Crippen molar-refractivity contribution in [3.8, 4) is 0 Å². The third-order valence-electron chi connectivity index (χ3n) is 6.39. The molecule has 0 aliphatic rings. The average molecular weight is 625 g/mol. The number of nitrogens with one attached hydrogen (secondary N) is 1. The predicted molar refractivity (Wildman–Crippen MR) is 162 cm³/mol. The first-order valence-electron chi connectivity index (χ1n) is 12.7. The van der Waals surface area contributed by atoms with Crippen LogP contribution in [0.1, 0.15) is 37.0 Å². The molecule has 1 unspecified atom stereocenters. The van der Waals surface area contributed by atoms with E-state index in [-0.39, 0.29) is 17.3 Å². The van der Waals surface area contributed by atoms with E-state index in [1.165, 1.54) is 17.0 Å². The Balaban J connectivity index is 2.07. The number of amides is 2. The number of hydrogen-bond acceptors (Lipinski definition) is 4. The van der Waals surface area contributed by atoms with Crippen molar-refractivity contribution in [3.05, 3.63) is 92.4 Å². The number of anilines is 1. The Labute approximate surface area is 251 Å². The summed E-state index contributed by atoms with van der Waals surface area (Å²) in [4.78, 5) is 28.3. The number of nitrogens with zero attached hydrogens (tertiary/aromatic N) is 2. The van der Waals surface area contributed by atoms with Gasteiger partial charge in [-0.2, -0.15) is 0 Å². The van der Waals surface area contributed by atoms with Crippen LogP contribution >= 0.6 is 34.8 Å². The smallest absolute Gasteiger partial charge is 0.264 e. The summed E-state index contributed by atoms with van der Waals surface area (Å²) in [5, 5.41) is 3.98. The van der Waals surface area contributed by atoms with Crippen LogP contribution in [-0.2, 0) is 26.2 Å². The van der Waals surface area contributed by atoms with E-state index in [4.69, 9.17) is 34.8 Å². The highest BCUT2D eigenvalue weighted by Gasteiger charge is 2.33. The Morgan fingerprint density at radius 2 is 1.55 bits per heavy atom. The predicted octanol–water partition coefficient (Wildman–Crippen LogP) is 6.40. The number of hydrogen-bond donors (Lipinski definition) is 1. The fourth-order valence-electron chi connectivity index (χ4n) is 4.06. The van der Waals surface area contributed by atoms with Gasteiger partial charge in [0.1, 0.15) is 12.6 Å². The first-order valence-corrected chi connectivity index (χ1v) is 15.3. The maximum absolute atomic E-state index is 14.0. The highest BCUT2D eigenvalue weighted by atomic mass is 35.5. The van der Waals surface area contributed by atoms with Gasteiger partial charge in [0.2, 0.25) is 11.8 Å². The minimum Gasteiger partial charge on any atom is -0.354 e. The molecule has 0 fully saturated rings. The first kappa shape index (κ1) is 31.7. The SMILES string of the molecule is CCCNC(=O)C(C)N(Cc1ccc(Cl)cc1Cl)C(=O)CN(c1ccc(Cl)cc1C)S(=O)(=O)c1ccc(C)cc1. The molecule has 0 aromatic heterocycles. The molecule has 1 atom stereocenters. The van der Waals surface area contributed by atoms with Crippen LogP contribution in [-0.4, -0.2) is 44.3 Å². The molecule has 40 heavy (non-hydrogen) atoms. The van der Waals surface area contributed by atoms with E-state index in [2.05, 4.69) is 5.32 Å². The van der Waals surface area contributed by atoms with Gasteiger partial charge >= 0.3 is 0 Å². The molecule has 0 bridgehead atoms. The van der Waals surface area contributed by atoms with Crippen molar-refractivity contribution < 1.29 is 18.0 Å². The molecule has 0 spiro atoms.